The highest BCUT2D eigenvalue weighted by molar-refractivity contribution is 7.45. The molecule has 1 aliphatic rings. The zero-order valence-corrected chi connectivity index (χ0v) is 20.2. The first-order valence-electron chi connectivity index (χ1n) is 10.0. The predicted octanol–water partition coefficient (Wildman–Crippen LogP) is 4.58. The van der Waals surface area contributed by atoms with Crippen LogP contribution in [0.3, 0.4) is 0 Å². The van der Waals surface area contributed by atoms with Crippen LogP contribution in [-0.2, 0) is 20.7 Å². The van der Waals surface area contributed by atoms with E-state index in [1.54, 1.807) is 0 Å². The fourth-order valence-electron chi connectivity index (χ4n) is 3.07. The van der Waals surface area contributed by atoms with Gasteiger partial charge in [-0.05, 0) is 42.0 Å². The average molecular weight is 442 g/mol. The van der Waals surface area contributed by atoms with Crippen molar-refractivity contribution in [1.82, 2.24) is 0 Å². The summed E-state index contributed by atoms with van der Waals surface area (Å²) >= 11 is 0. The van der Waals surface area contributed by atoms with E-state index >= 15 is 0 Å². The van der Waals surface area contributed by atoms with Crippen LogP contribution in [0.25, 0.3) is 0 Å². The first kappa shape index (κ1) is 23.9. The van der Waals surface area contributed by atoms with Gasteiger partial charge in [0.2, 0.25) is 0 Å². The summed E-state index contributed by atoms with van der Waals surface area (Å²) < 4.78 is 17.2. The van der Waals surface area contributed by atoms with Crippen molar-refractivity contribution in [3.8, 4) is 5.75 Å². The average Bonchev–Trinajstić information content (AvgIpc) is 2.67. The fourth-order valence-corrected chi connectivity index (χ4v) is 3.77. The van der Waals surface area contributed by atoms with Gasteiger partial charge in [-0.15, -0.1) is 27.7 Å². The second kappa shape index (κ2) is 13.0. The number of aryl methyl sites for hydroxylation is 1. The number of benzene rings is 1. The molecule has 0 saturated carbocycles. The lowest BCUT2D eigenvalue weighted by Gasteiger charge is -2.29. The van der Waals surface area contributed by atoms with Crippen molar-refractivity contribution in [3.63, 3.8) is 0 Å². The van der Waals surface area contributed by atoms with Gasteiger partial charge in [-0.1, -0.05) is 31.9 Å². The molecule has 7 heteroatoms. The molecule has 1 aliphatic heterocycles. The molecule has 3 atom stereocenters. The summed E-state index contributed by atoms with van der Waals surface area (Å²) in [6, 6.07) is 5.92. The molecule has 0 bridgehead atoms. The highest BCUT2D eigenvalue weighted by Gasteiger charge is 2.21. The van der Waals surface area contributed by atoms with Crippen molar-refractivity contribution < 1.29 is 19.0 Å². The smallest absolute Gasteiger partial charge is 0.311 e. The molecule has 0 spiro atoms. The zero-order chi connectivity index (χ0) is 20.4. The topological polar surface area (TPSA) is 44.8 Å². The second-order valence-corrected chi connectivity index (χ2v) is 9.85. The summed E-state index contributed by atoms with van der Waals surface area (Å²) in [7, 11) is 7.81. The minimum Gasteiger partial charge on any atom is -0.426 e. The third-order valence-corrected chi connectivity index (χ3v) is 5.62. The minimum absolute atomic E-state index is 0.116. The maximum absolute atomic E-state index is 11.9. The normalized spacial score (nSPS) is 19.3. The maximum atomic E-state index is 11.9. The van der Waals surface area contributed by atoms with Gasteiger partial charge >= 0.3 is 5.97 Å². The molecule has 0 N–H and O–H groups in total. The van der Waals surface area contributed by atoms with Gasteiger partial charge in [0.05, 0.1) is 13.2 Å². The Labute approximate surface area is 176 Å². The molecule has 1 fully saturated rings. The molecule has 0 aliphatic carbocycles. The Morgan fingerprint density at radius 1 is 1.25 bits per heavy atom. The van der Waals surface area contributed by atoms with Crippen LogP contribution in [0.5, 0.6) is 5.75 Å². The van der Waals surface area contributed by atoms with Crippen molar-refractivity contribution in [2.24, 2.45) is 5.92 Å². The molecule has 1 aromatic rings. The highest BCUT2D eigenvalue weighted by Crippen LogP contribution is 2.21. The van der Waals surface area contributed by atoms with Gasteiger partial charge in [0.15, 0.2) is 6.29 Å². The molecule has 1 aromatic carbocycles. The van der Waals surface area contributed by atoms with E-state index < -0.39 is 0 Å². The van der Waals surface area contributed by atoms with E-state index in [-0.39, 0.29) is 12.3 Å². The molecule has 0 aromatic heterocycles. The Bertz CT molecular complexity index is 651. The Hall–Kier alpha value is -0.360. The van der Waals surface area contributed by atoms with E-state index in [4.69, 9.17) is 14.2 Å². The largest absolute Gasteiger partial charge is 0.426 e. The maximum Gasteiger partial charge on any atom is 0.311 e. The molecular weight excluding hydrogens is 409 g/mol. The lowest BCUT2D eigenvalue weighted by atomic mass is 10.0. The van der Waals surface area contributed by atoms with E-state index in [1.165, 1.54) is 24.8 Å². The van der Waals surface area contributed by atoms with Gasteiger partial charge in [0.25, 0.3) is 0 Å². The van der Waals surface area contributed by atoms with Gasteiger partial charge in [0, 0.05) is 24.1 Å². The van der Waals surface area contributed by atoms with Crippen LogP contribution >= 0.6 is 27.7 Å². The molecular formula is C21H33O4P3. The number of unbranched alkanes of at least 4 members (excludes halogenated alkanes) is 1. The standard InChI is InChI=1S/C21H33O4P3/c1-2-3-5-16-13-23-20(24-14-16)11-9-15-8-10-17(18(26)12-15)25-19(22)6-4-7-21(27)28/h7-8,10,12,16,20H,2-6,9,11,13-14,26-28H2,1H3. The molecule has 4 nitrogen and oxygen atoms in total. The summed E-state index contributed by atoms with van der Waals surface area (Å²) in [6.07, 6.45) is 8.25. The van der Waals surface area contributed by atoms with E-state index in [1.807, 2.05) is 24.3 Å². The van der Waals surface area contributed by atoms with Crippen LogP contribution in [-0.4, -0.2) is 25.5 Å². The van der Waals surface area contributed by atoms with Crippen molar-refractivity contribution >= 4 is 39.0 Å². The second-order valence-electron chi connectivity index (χ2n) is 7.23. The lowest BCUT2D eigenvalue weighted by Crippen LogP contribution is -2.32. The Morgan fingerprint density at radius 2 is 2.00 bits per heavy atom. The molecule has 28 heavy (non-hydrogen) atoms. The van der Waals surface area contributed by atoms with Crippen LogP contribution < -0.4 is 10.0 Å². The molecule has 1 heterocycles. The Morgan fingerprint density at radius 3 is 2.64 bits per heavy atom. The molecule has 2 rings (SSSR count). The van der Waals surface area contributed by atoms with Crippen LogP contribution in [0.15, 0.2) is 29.3 Å². The summed E-state index contributed by atoms with van der Waals surface area (Å²) in [6.45, 7) is 3.82. The summed E-state index contributed by atoms with van der Waals surface area (Å²) in [5.41, 5.74) is 1.18. The SMILES string of the molecule is CCCCC1COC(CCc2ccc(OC(=O)CCC=C(P)P)c(P)c2)OC1. The number of rotatable bonds is 10. The first-order valence-corrected chi connectivity index (χ1v) is 11.7. The highest BCUT2D eigenvalue weighted by atomic mass is 31.1. The summed E-state index contributed by atoms with van der Waals surface area (Å²) in [5, 5.41) is 1.94. The molecule has 0 radical (unpaired) electrons. The van der Waals surface area contributed by atoms with Gasteiger partial charge in [0.1, 0.15) is 5.75 Å². The summed E-state index contributed by atoms with van der Waals surface area (Å²) in [4.78, 5) is 11.9. The van der Waals surface area contributed by atoms with Crippen molar-refractivity contribution in [3.05, 3.63) is 34.9 Å². The van der Waals surface area contributed by atoms with E-state index in [9.17, 15) is 4.79 Å². The fraction of sp³-hybridized carbons (Fsp3) is 0.571. The van der Waals surface area contributed by atoms with Gasteiger partial charge in [-0.2, -0.15) is 0 Å². The number of hydrogen-bond acceptors (Lipinski definition) is 4. The number of esters is 1. The number of hydrogen-bond donors (Lipinski definition) is 0. The number of carbonyl (C=O) groups is 1. The quantitative estimate of drug-likeness (QED) is 0.302. The Balaban J connectivity index is 1.75. The Kier molecular flexibility index (Phi) is 11.1. The molecule has 3 unspecified atom stereocenters. The zero-order valence-electron chi connectivity index (χ0n) is 16.7. The van der Waals surface area contributed by atoms with Gasteiger partial charge in [-0.25, -0.2) is 0 Å². The van der Waals surface area contributed by atoms with Gasteiger partial charge in [-0.3, -0.25) is 4.79 Å². The van der Waals surface area contributed by atoms with Crippen LogP contribution in [0.2, 0.25) is 0 Å². The monoisotopic (exact) mass is 442 g/mol. The lowest BCUT2D eigenvalue weighted by molar-refractivity contribution is -0.203. The third-order valence-electron chi connectivity index (χ3n) is 4.70. The molecule has 156 valence electrons. The predicted molar refractivity (Wildman–Crippen MR) is 125 cm³/mol. The summed E-state index contributed by atoms with van der Waals surface area (Å²) in [5.74, 6) is 0.923. The molecule has 1 saturated heterocycles. The van der Waals surface area contributed by atoms with Crippen LogP contribution in [0, 0.1) is 5.92 Å². The van der Waals surface area contributed by atoms with Crippen molar-refractivity contribution in [1.29, 1.82) is 0 Å². The van der Waals surface area contributed by atoms with Crippen LogP contribution in [0.4, 0.5) is 0 Å². The molecule has 0 amide bonds. The number of allylic oxidation sites excluding steroid dienone is 1. The van der Waals surface area contributed by atoms with E-state index in [0.717, 1.165) is 36.4 Å². The number of carbonyl (C=O) groups excluding carboxylic acids is 1. The third kappa shape index (κ3) is 8.98. The van der Waals surface area contributed by atoms with E-state index in [0.29, 0.717) is 24.5 Å². The van der Waals surface area contributed by atoms with Gasteiger partial charge < -0.3 is 14.2 Å². The van der Waals surface area contributed by atoms with E-state index in [2.05, 4.69) is 34.6 Å². The van der Waals surface area contributed by atoms with Crippen molar-refractivity contribution in [2.75, 3.05) is 13.2 Å². The van der Waals surface area contributed by atoms with Crippen LogP contribution in [0.1, 0.15) is 51.0 Å². The first-order chi connectivity index (χ1) is 13.5. The van der Waals surface area contributed by atoms with Crippen molar-refractivity contribution in [2.45, 2.75) is 58.2 Å². The number of ether oxygens (including phenoxy) is 3. The minimum atomic E-state index is -0.217.